The van der Waals surface area contributed by atoms with Crippen molar-refractivity contribution in [3.8, 4) is 5.75 Å². The molecule has 4 heteroatoms. The number of ether oxygens (including phenoxy) is 1. The molecule has 1 aromatic carbocycles. The van der Waals surface area contributed by atoms with Crippen LogP contribution in [0, 0.1) is 5.92 Å². The van der Waals surface area contributed by atoms with Gasteiger partial charge in [0.15, 0.2) is 0 Å². The second-order valence-electron chi connectivity index (χ2n) is 6.04. The Bertz CT molecular complexity index is 448. The predicted molar refractivity (Wildman–Crippen MR) is 87.1 cm³/mol. The average molecular weight is 292 g/mol. The maximum Gasteiger partial charge on any atom is 0.142 e. The van der Waals surface area contributed by atoms with Gasteiger partial charge in [-0.1, -0.05) is 19.1 Å². The molecule has 21 heavy (non-hydrogen) atoms. The van der Waals surface area contributed by atoms with E-state index in [4.69, 9.17) is 4.74 Å². The Morgan fingerprint density at radius 2 is 2.10 bits per heavy atom. The number of rotatable bonds is 9. The van der Waals surface area contributed by atoms with Crippen LogP contribution in [0.25, 0.3) is 0 Å². The summed E-state index contributed by atoms with van der Waals surface area (Å²) in [5.41, 5.74) is 0.864. The molecule has 1 atom stereocenters. The number of anilines is 1. The summed E-state index contributed by atoms with van der Waals surface area (Å²) in [4.78, 5) is 2.19. The van der Waals surface area contributed by atoms with E-state index in [1.54, 1.807) is 7.11 Å². The normalized spacial score (nSPS) is 17.3. The summed E-state index contributed by atoms with van der Waals surface area (Å²) < 4.78 is 5.45. The van der Waals surface area contributed by atoms with Gasteiger partial charge in [0.2, 0.25) is 0 Å². The Hall–Kier alpha value is -1.26. The molecule has 1 aromatic rings. The van der Waals surface area contributed by atoms with Gasteiger partial charge in [-0.2, -0.15) is 0 Å². The molecule has 2 N–H and O–H groups in total. The fourth-order valence-corrected chi connectivity index (χ4v) is 3.03. The quantitative estimate of drug-likeness (QED) is 0.733. The van der Waals surface area contributed by atoms with Gasteiger partial charge in [-0.15, -0.1) is 0 Å². The zero-order valence-electron chi connectivity index (χ0n) is 13.4. The number of aliphatic hydroxyl groups excluding tert-OH is 1. The number of nitrogens with zero attached hydrogens (tertiary/aromatic N) is 1. The Labute approximate surface area is 128 Å². The topological polar surface area (TPSA) is 44.7 Å². The van der Waals surface area contributed by atoms with Crippen LogP contribution >= 0.6 is 0 Å². The first kappa shape index (κ1) is 16.1. The van der Waals surface area contributed by atoms with E-state index in [-0.39, 0.29) is 12.1 Å². The van der Waals surface area contributed by atoms with Gasteiger partial charge in [0.1, 0.15) is 5.75 Å². The minimum atomic E-state index is -0.203. The number of hydrogen-bond acceptors (Lipinski definition) is 4. The molecule has 0 radical (unpaired) electrons. The van der Waals surface area contributed by atoms with Crippen molar-refractivity contribution in [2.45, 2.75) is 31.7 Å². The van der Waals surface area contributed by atoms with E-state index in [0.29, 0.717) is 5.92 Å². The summed E-state index contributed by atoms with van der Waals surface area (Å²) in [7, 11) is 3.76. The van der Waals surface area contributed by atoms with Crippen molar-refractivity contribution in [2.24, 2.45) is 5.92 Å². The summed E-state index contributed by atoms with van der Waals surface area (Å²) >= 11 is 0. The Kier molecular flexibility index (Phi) is 5.48. The van der Waals surface area contributed by atoms with E-state index in [1.165, 1.54) is 12.8 Å². The van der Waals surface area contributed by atoms with Crippen molar-refractivity contribution < 1.29 is 9.84 Å². The number of methoxy groups -OCH3 is 1. The van der Waals surface area contributed by atoms with Crippen molar-refractivity contribution in [2.75, 3.05) is 38.8 Å². The molecular weight excluding hydrogens is 264 g/mol. The lowest BCUT2D eigenvalue weighted by Crippen LogP contribution is -2.57. The third-order valence-corrected chi connectivity index (χ3v) is 4.38. The van der Waals surface area contributed by atoms with Gasteiger partial charge in [0, 0.05) is 13.6 Å². The lowest BCUT2D eigenvalue weighted by Gasteiger charge is -2.38. The van der Waals surface area contributed by atoms with Gasteiger partial charge in [-0.25, -0.2) is 0 Å². The highest BCUT2D eigenvalue weighted by Crippen LogP contribution is 2.41. The number of benzene rings is 1. The molecule has 2 rings (SSSR count). The molecule has 1 aliphatic carbocycles. The molecule has 118 valence electrons. The molecule has 0 amide bonds. The SMILES string of the molecule is CCCNC(CO)(CN(C)c1ccccc1OC)C1CC1. The van der Waals surface area contributed by atoms with Gasteiger partial charge in [0.25, 0.3) is 0 Å². The van der Waals surface area contributed by atoms with Crippen molar-refractivity contribution in [3.05, 3.63) is 24.3 Å². The standard InChI is InChI=1S/C17H28N2O2/c1-4-11-18-17(13-20,14-9-10-14)12-19(2)15-7-5-6-8-16(15)21-3/h5-8,14,18,20H,4,9-13H2,1-3H3. The van der Waals surface area contributed by atoms with E-state index in [1.807, 2.05) is 18.2 Å². The fraction of sp³-hybridized carbons (Fsp3) is 0.647. The highest BCUT2D eigenvalue weighted by Gasteiger charge is 2.45. The zero-order valence-corrected chi connectivity index (χ0v) is 13.4. The van der Waals surface area contributed by atoms with Crippen LogP contribution in [0.2, 0.25) is 0 Å². The molecule has 1 saturated carbocycles. The summed E-state index contributed by atoms with van der Waals surface area (Å²) in [5, 5.41) is 13.6. The van der Waals surface area contributed by atoms with E-state index >= 15 is 0 Å². The maximum absolute atomic E-state index is 10.0. The van der Waals surface area contributed by atoms with Crippen LogP contribution in [0.4, 0.5) is 5.69 Å². The minimum absolute atomic E-state index is 0.178. The number of likely N-dealkylation sites (N-methyl/N-ethyl adjacent to an activating group) is 1. The predicted octanol–water partition coefficient (Wildman–Crippen LogP) is 2.27. The second-order valence-corrected chi connectivity index (χ2v) is 6.04. The van der Waals surface area contributed by atoms with Crippen molar-refractivity contribution in [1.82, 2.24) is 5.32 Å². The lowest BCUT2D eigenvalue weighted by molar-refractivity contribution is 0.145. The van der Waals surface area contributed by atoms with Crippen LogP contribution < -0.4 is 15.0 Å². The van der Waals surface area contributed by atoms with Crippen molar-refractivity contribution >= 4 is 5.69 Å². The van der Waals surface area contributed by atoms with E-state index < -0.39 is 0 Å². The van der Waals surface area contributed by atoms with Gasteiger partial charge >= 0.3 is 0 Å². The molecule has 0 heterocycles. The highest BCUT2D eigenvalue weighted by atomic mass is 16.5. The van der Waals surface area contributed by atoms with Crippen LogP contribution in [0.5, 0.6) is 5.75 Å². The highest BCUT2D eigenvalue weighted by molar-refractivity contribution is 5.58. The summed E-state index contributed by atoms with van der Waals surface area (Å²) in [6.45, 7) is 4.06. The molecule has 0 saturated heterocycles. The monoisotopic (exact) mass is 292 g/mol. The van der Waals surface area contributed by atoms with Crippen LogP contribution in [-0.4, -0.2) is 44.5 Å². The maximum atomic E-state index is 10.0. The van der Waals surface area contributed by atoms with Gasteiger partial charge in [0.05, 0.1) is 24.9 Å². The Balaban J connectivity index is 2.15. The van der Waals surface area contributed by atoms with Gasteiger partial charge < -0.3 is 20.1 Å². The van der Waals surface area contributed by atoms with Crippen molar-refractivity contribution in [1.29, 1.82) is 0 Å². The summed E-state index contributed by atoms with van der Waals surface area (Å²) in [5.74, 6) is 1.45. The number of nitrogens with one attached hydrogen (secondary N) is 1. The van der Waals surface area contributed by atoms with E-state index in [2.05, 4.69) is 30.3 Å². The van der Waals surface area contributed by atoms with Gasteiger partial charge in [-0.3, -0.25) is 0 Å². The summed E-state index contributed by atoms with van der Waals surface area (Å²) in [6, 6.07) is 8.04. The molecule has 0 aromatic heterocycles. The molecule has 4 nitrogen and oxygen atoms in total. The lowest BCUT2D eigenvalue weighted by atomic mass is 9.92. The molecule has 1 unspecified atom stereocenters. The largest absolute Gasteiger partial charge is 0.495 e. The van der Waals surface area contributed by atoms with Crippen molar-refractivity contribution in [3.63, 3.8) is 0 Å². The second kappa shape index (κ2) is 7.14. The first-order chi connectivity index (χ1) is 10.2. The van der Waals surface area contributed by atoms with E-state index in [0.717, 1.165) is 30.9 Å². The Morgan fingerprint density at radius 3 is 2.67 bits per heavy atom. The molecule has 0 aliphatic heterocycles. The van der Waals surface area contributed by atoms with Crippen LogP contribution in [-0.2, 0) is 0 Å². The van der Waals surface area contributed by atoms with Crippen LogP contribution in [0.3, 0.4) is 0 Å². The third-order valence-electron chi connectivity index (χ3n) is 4.38. The fourth-order valence-electron chi connectivity index (χ4n) is 3.03. The minimum Gasteiger partial charge on any atom is -0.495 e. The summed E-state index contributed by atoms with van der Waals surface area (Å²) in [6.07, 6.45) is 3.49. The third kappa shape index (κ3) is 3.69. The number of para-hydroxylation sites is 2. The smallest absolute Gasteiger partial charge is 0.142 e. The molecule has 1 fully saturated rings. The van der Waals surface area contributed by atoms with E-state index in [9.17, 15) is 5.11 Å². The van der Waals surface area contributed by atoms with Crippen LogP contribution in [0.1, 0.15) is 26.2 Å². The molecule has 0 spiro atoms. The number of aliphatic hydroxyl groups is 1. The molecule has 1 aliphatic rings. The molecular formula is C17H28N2O2. The van der Waals surface area contributed by atoms with Crippen LogP contribution in [0.15, 0.2) is 24.3 Å². The zero-order chi connectivity index (χ0) is 15.3. The first-order valence-corrected chi connectivity index (χ1v) is 7.87. The average Bonchev–Trinajstić information content (AvgIpc) is 3.36. The van der Waals surface area contributed by atoms with Gasteiger partial charge in [-0.05, 0) is 43.9 Å². The Morgan fingerprint density at radius 1 is 1.38 bits per heavy atom. The first-order valence-electron chi connectivity index (χ1n) is 7.87. The molecule has 0 bridgehead atoms. The number of hydrogen-bond donors (Lipinski definition) is 2.